The van der Waals surface area contributed by atoms with E-state index in [9.17, 15) is 9.59 Å². The minimum atomic E-state index is -0.0462. The number of hydrogen-bond donors (Lipinski definition) is 0. The zero-order valence-electron chi connectivity index (χ0n) is 12.7. The van der Waals surface area contributed by atoms with E-state index in [1.165, 1.54) is 6.42 Å². The molecule has 22 heavy (non-hydrogen) atoms. The Hall–Kier alpha value is -1.91. The van der Waals surface area contributed by atoms with E-state index in [-0.39, 0.29) is 11.8 Å². The number of aromatic nitrogens is 1. The molecule has 2 bridgehead atoms. The Morgan fingerprint density at radius 2 is 1.77 bits per heavy atom. The van der Waals surface area contributed by atoms with Gasteiger partial charge in [-0.3, -0.25) is 9.59 Å². The van der Waals surface area contributed by atoms with E-state index in [2.05, 4.69) is 4.98 Å². The van der Waals surface area contributed by atoms with Crippen LogP contribution in [0, 0.1) is 5.92 Å². The number of amides is 2. The highest BCUT2D eigenvalue weighted by Gasteiger charge is 2.40. The summed E-state index contributed by atoms with van der Waals surface area (Å²) in [6.45, 7) is 2.46. The van der Waals surface area contributed by atoms with Crippen LogP contribution in [0.15, 0.2) is 18.2 Å². The Morgan fingerprint density at radius 3 is 2.41 bits per heavy atom. The lowest BCUT2D eigenvalue weighted by molar-refractivity contribution is 0.0697. The quantitative estimate of drug-likeness (QED) is 0.838. The first-order chi connectivity index (χ1) is 10.7. The Labute approximate surface area is 130 Å². The number of rotatable bonds is 2. The summed E-state index contributed by atoms with van der Waals surface area (Å²) in [7, 11) is 0. The van der Waals surface area contributed by atoms with Crippen molar-refractivity contribution in [2.24, 2.45) is 5.92 Å². The molecule has 2 saturated heterocycles. The minimum absolute atomic E-state index is 0.0109. The van der Waals surface area contributed by atoms with E-state index in [0.29, 0.717) is 23.3 Å². The smallest absolute Gasteiger partial charge is 0.272 e. The third-order valence-corrected chi connectivity index (χ3v) is 5.25. The van der Waals surface area contributed by atoms with Crippen LogP contribution in [0.25, 0.3) is 0 Å². The van der Waals surface area contributed by atoms with Gasteiger partial charge in [-0.25, -0.2) is 4.98 Å². The molecule has 2 aliphatic heterocycles. The van der Waals surface area contributed by atoms with Crippen molar-refractivity contribution in [3.05, 3.63) is 29.6 Å². The van der Waals surface area contributed by atoms with Crippen LogP contribution in [0.5, 0.6) is 0 Å². The maximum Gasteiger partial charge on any atom is 0.272 e. The van der Waals surface area contributed by atoms with Gasteiger partial charge >= 0.3 is 0 Å². The number of pyridine rings is 1. The van der Waals surface area contributed by atoms with E-state index in [1.807, 2.05) is 9.80 Å². The van der Waals surface area contributed by atoms with E-state index in [4.69, 9.17) is 0 Å². The van der Waals surface area contributed by atoms with Crippen LogP contribution in [0.2, 0.25) is 0 Å². The lowest BCUT2D eigenvalue weighted by Gasteiger charge is -2.26. The van der Waals surface area contributed by atoms with Crippen LogP contribution >= 0.6 is 0 Å². The van der Waals surface area contributed by atoms with Gasteiger partial charge in [0, 0.05) is 25.7 Å². The molecule has 0 spiro atoms. The zero-order valence-corrected chi connectivity index (χ0v) is 12.7. The molecule has 3 aliphatic rings. The van der Waals surface area contributed by atoms with E-state index >= 15 is 0 Å². The van der Waals surface area contributed by atoms with Crippen LogP contribution in [-0.4, -0.2) is 52.3 Å². The average molecular weight is 299 g/mol. The molecule has 5 nitrogen and oxygen atoms in total. The molecule has 1 aromatic heterocycles. The van der Waals surface area contributed by atoms with Gasteiger partial charge in [0.25, 0.3) is 11.8 Å². The molecule has 1 saturated carbocycles. The Morgan fingerprint density at radius 1 is 1.05 bits per heavy atom. The molecule has 2 amide bonds. The topological polar surface area (TPSA) is 53.5 Å². The molecule has 5 heteroatoms. The number of nitrogens with zero attached hydrogens (tertiary/aromatic N) is 3. The summed E-state index contributed by atoms with van der Waals surface area (Å²) in [5.41, 5.74) is 0.815. The first kappa shape index (κ1) is 13.7. The van der Waals surface area contributed by atoms with E-state index in [1.54, 1.807) is 18.2 Å². The first-order valence-corrected chi connectivity index (χ1v) is 8.29. The molecule has 116 valence electrons. The second-order valence-electron chi connectivity index (χ2n) is 6.70. The summed E-state index contributed by atoms with van der Waals surface area (Å²) in [4.78, 5) is 33.2. The van der Waals surface area contributed by atoms with Crippen molar-refractivity contribution in [1.29, 1.82) is 0 Å². The lowest BCUT2D eigenvalue weighted by atomic mass is 10.1. The summed E-state index contributed by atoms with van der Waals surface area (Å²) in [6, 6.07) is 5.61. The summed E-state index contributed by atoms with van der Waals surface area (Å²) in [5, 5.41) is 0. The molecule has 3 fully saturated rings. The fourth-order valence-electron chi connectivity index (χ4n) is 4.08. The number of fused-ring (bicyclic) bond motifs is 2. The van der Waals surface area contributed by atoms with Crippen LogP contribution in [0.3, 0.4) is 0 Å². The Bertz CT molecular complexity index is 610. The molecule has 0 N–H and O–H groups in total. The van der Waals surface area contributed by atoms with Crippen molar-refractivity contribution in [1.82, 2.24) is 14.8 Å². The monoisotopic (exact) mass is 299 g/mol. The van der Waals surface area contributed by atoms with E-state index in [0.717, 1.165) is 45.3 Å². The second-order valence-corrected chi connectivity index (χ2v) is 6.70. The van der Waals surface area contributed by atoms with Gasteiger partial charge in [0.05, 0.1) is 0 Å². The van der Waals surface area contributed by atoms with Crippen LogP contribution in [0.1, 0.15) is 53.1 Å². The average Bonchev–Trinajstić information content (AvgIpc) is 3.30. The maximum absolute atomic E-state index is 12.7. The number of likely N-dealkylation sites (tertiary alicyclic amines) is 2. The van der Waals surface area contributed by atoms with Crippen molar-refractivity contribution in [3.8, 4) is 0 Å². The van der Waals surface area contributed by atoms with Crippen molar-refractivity contribution in [2.45, 2.75) is 38.1 Å². The van der Waals surface area contributed by atoms with Crippen molar-refractivity contribution in [2.75, 3.05) is 19.6 Å². The molecule has 0 radical (unpaired) electrons. The van der Waals surface area contributed by atoms with Gasteiger partial charge in [-0.05, 0) is 50.2 Å². The second kappa shape index (κ2) is 5.38. The van der Waals surface area contributed by atoms with Crippen molar-refractivity contribution >= 4 is 11.8 Å². The standard InChI is InChI=1S/C17H21N3O2/c21-16(19-8-1-2-9-19)14-4-3-5-15(18-14)17(22)20-11-12-6-7-13(20)10-12/h3-5,12-13H,1-2,6-11H2. The molecule has 0 aromatic carbocycles. The number of carbonyl (C=O) groups excluding carboxylic acids is 2. The normalized spacial score (nSPS) is 26.7. The predicted molar refractivity (Wildman–Crippen MR) is 81.5 cm³/mol. The SMILES string of the molecule is O=C(c1cccc(C(=O)N2CC3CCC2C3)n1)N1CCCC1. The van der Waals surface area contributed by atoms with Gasteiger partial charge in [-0.1, -0.05) is 6.07 Å². The molecular formula is C17H21N3O2. The Balaban J connectivity index is 1.54. The number of carbonyl (C=O) groups is 2. The third kappa shape index (κ3) is 2.28. The Kier molecular flexibility index (Phi) is 3.36. The zero-order chi connectivity index (χ0) is 15.1. The maximum atomic E-state index is 12.7. The summed E-state index contributed by atoms with van der Waals surface area (Å²) < 4.78 is 0. The van der Waals surface area contributed by atoms with Crippen LogP contribution in [-0.2, 0) is 0 Å². The highest BCUT2D eigenvalue weighted by Crippen LogP contribution is 2.37. The summed E-state index contributed by atoms with van der Waals surface area (Å²) in [5.74, 6) is 0.613. The van der Waals surface area contributed by atoms with Crippen molar-refractivity contribution in [3.63, 3.8) is 0 Å². The van der Waals surface area contributed by atoms with Crippen LogP contribution < -0.4 is 0 Å². The largest absolute Gasteiger partial charge is 0.337 e. The molecule has 3 heterocycles. The van der Waals surface area contributed by atoms with Crippen LogP contribution in [0.4, 0.5) is 0 Å². The van der Waals surface area contributed by atoms with Gasteiger partial charge < -0.3 is 9.80 Å². The van der Waals surface area contributed by atoms with Gasteiger partial charge in [0.2, 0.25) is 0 Å². The summed E-state index contributed by atoms with van der Waals surface area (Å²) in [6.07, 6.45) is 5.61. The molecular weight excluding hydrogens is 278 g/mol. The predicted octanol–water partition coefficient (Wildman–Crippen LogP) is 1.94. The molecule has 1 aliphatic carbocycles. The van der Waals surface area contributed by atoms with E-state index < -0.39 is 0 Å². The first-order valence-electron chi connectivity index (χ1n) is 8.29. The lowest BCUT2D eigenvalue weighted by Crippen LogP contribution is -2.38. The highest BCUT2D eigenvalue weighted by molar-refractivity contribution is 5.96. The van der Waals surface area contributed by atoms with Gasteiger partial charge in [0.1, 0.15) is 11.4 Å². The molecule has 4 rings (SSSR count). The minimum Gasteiger partial charge on any atom is -0.337 e. The highest BCUT2D eigenvalue weighted by atomic mass is 16.2. The van der Waals surface area contributed by atoms with Gasteiger partial charge in [0.15, 0.2) is 0 Å². The number of piperidine rings is 1. The fraction of sp³-hybridized carbons (Fsp3) is 0.588. The molecule has 2 atom stereocenters. The van der Waals surface area contributed by atoms with Crippen molar-refractivity contribution < 1.29 is 9.59 Å². The summed E-state index contributed by atoms with van der Waals surface area (Å²) >= 11 is 0. The third-order valence-electron chi connectivity index (χ3n) is 5.25. The van der Waals surface area contributed by atoms with Gasteiger partial charge in [-0.2, -0.15) is 0 Å². The van der Waals surface area contributed by atoms with Gasteiger partial charge in [-0.15, -0.1) is 0 Å². The molecule has 2 unspecified atom stereocenters. The molecule has 1 aromatic rings. The fourth-order valence-corrected chi connectivity index (χ4v) is 4.08. The number of hydrogen-bond acceptors (Lipinski definition) is 3.